The minimum absolute atomic E-state index is 0.00785. The van der Waals surface area contributed by atoms with Crippen LogP contribution in [-0.2, 0) is 21.0 Å². The fourth-order valence-electron chi connectivity index (χ4n) is 3.59. The Bertz CT molecular complexity index is 1000. The molecule has 1 aliphatic rings. The number of benzene rings is 1. The van der Waals surface area contributed by atoms with E-state index in [2.05, 4.69) is 21.9 Å². The average Bonchev–Trinajstić information content (AvgIpc) is 3.28. The number of hydrogen-bond donors (Lipinski definition) is 2. The van der Waals surface area contributed by atoms with E-state index in [-0.39, 0.29) is 6.04 Å². The standard InChI is InChI=1S/C21H26F3N3O3S2/c1-15-7-9-27(10-8-15)18(19-6-3-11-31-19)13-25-20(28)14-26-32(29,30)17-5-2-4-16(12-17)21(22,23)24/h2-6,11-12,15,18,26H,7-10,13-14H2,1H3,(H,25,28). The lowest BCUT2D eigenvalue weighted by Crippen LogP contribution is -2.44. The number of thiophene rings is 1. The van der Waals surface area contributed by atoms with Crippen LogP contribution >= 0.6 is 11.3 Å². The molecule has 2 aromatic rings. The van der Waals surface area contributed by atoms with Crippen molar-refractivity contribution in [2.75, 3.05) is 26.2 Å². The summed E-state index contributed by atoms with van der Waals surface area (Å²) in [5.74, 6) is 0.113. The van der Waals surface area contributed by atoms with Crippen LogP contribution in [0.1, 0.15) is 36.2 Å². The van der Waals surface area contributed by atoms with Crippen molar-refractivity contribution in [1.82, 2.24) is 14.9 Å². The molecular formula is C21H26F3N3O3S2. The predicted molar refractivity (Wildman–Crippen MR) is 117 cm³/mol. The Balaban J connectivity index is 1.58. The quantitative estimate of drug-likeness (QED) is 0.594. The van der Waals surface area contributed by atoms with Crippen molar-refractivity contribution in [3.63, 3.8) is 0 Å². The number of piperidine rings is 1. The SMILES string of the molecule is CC1CCN(C(CNC(=O)CNS(=O)(=O)c2cccc(C(F)(F)F)c2)c2cccs2)CC1. The molecule has 2 N–H and O–H groups in total. The maximum Gasteiger partial charge on any atom is 0.416 e. The molecule has 0 spiro atoms. The van der Waals surface area contributed by atoms with E-state index in [0.717, 1.165) is 49.0 Å². The molecule has 6 nitrogen and oxygen atoms in total. The van der Waals surface area contributed by atoms with Gasteiger partial charge < -0.3 is 5.32 Å². The summed E-state index contributed by atoms with van der Waals surface area (Å²) < 4.78 is 65.4. The van der Waals surface area contributed by atoms with E-state index in [4.69, 9.17) is 0 Å². The molecule has 0 radical (unpaired) electrons. The minimum atomic E-state index is -4.66. The van der Waals surface area contributed by atoms with Crippen LogP contribution in [0.2, 0.25) is 0 Å². The van der Waals surface area contributed by atoms with Gasteiger partial charge in [-0.05, 0) is 61.5 Å². The van der Waals surface area contributed by atoms with Gasteiger partial charge in [0.05, 0.1) is 23.0 Å². The van der Waals surface area contributed by atoms with Crippen molar-refractivity contribution in [2.45, 2.75) is 36.9 Å². The zero-order valence-corrected chi connectivity index (χ0v) is 19.2. The summed E-state index contributed by atoms with van der Waals surface area (Å²) in [6.07, 6.45) is -2.51. The highest BCUT2D eigenvalue weighted by Gasteiger charge is 2.32. The molecule has 1 saturated heterocycles. The highest BCUT2D eigenvalue weighted by atomic mass is 32.2. The number of carbonyl (C=O) groups is 1. The maximum absolute atomic E-state index is 12.9. The Kier molecular flexibility index (Phi) is 7.97. The number of hydrogen-bond acceptors (Lipinski definition) is 5. The molecule has 3 rings (SSSR count). The van der Waals surface area contributed by atoms with Crippen molar-refractivity contribution in [1.29, 1.82) is 0 Å². The molecule has 1 atom stereocenters. The first kappa shape index (κ1) is 24.7. The number of nitrogens with one attached hydrogen (secondary N) is 2. The Morgan fingerprint density at radius 1 is 1.22 bits per heavy atom. The zero-order valence-electron chi connectivity index (χ0n) is 17.6. The molecule has 0 aliphatic carbocycles. The fraction of sp³-hybridized carbons (Fsp3) is 0.476. The van der Waals surface area contributed by atoms with E-state index < -0.39 is 39.1 Å². The molecule has 0 saturated carbocycles. The normalized spacial score (nSPS) is 17.2. The number of nitrogens with zero attached hydrogens (tertiary/aromatic N) is 1. The lowest BCUT2D eigenvalue weighted by atomic mass is 9.97. The molecule has 32 heavy (non-hydrogen) atoms. The van der Waals surface area contributed by atoms with Crippen LogP contribution in [0.3, 0.4) is 0 Å². The van der Waals surface area contributed by atoms with Crippen LogP contribution in [0.4, 0.5) is 13.2 Å². The van der Waals surface area contributed by atoms with Gasteiger partial charge in [0.2, 0.25) is 15.9 Å². The van der Waals surface area contributed by atoms with E-state index in [1.54, 1.807) is 11.3 Å². The monoisotopic (exact) mass is 489 g/mol. The second kappa shape index (κ2) is 10.3. The van der Waals surface area contributed by atoms with Crippen molar-refractivity contribution in [3.8, 4) is 0 Å². The van der Waals surface area contributed by atoms with Gasteiger partial charge >= 0.3 is 6.18 Å². The Labute approximate surface area is 189 Å². The van der Waals surface area contributed by atoms with Gasteiger partial charge in [-0.25, -0.2) is 13.1 Å². The molecule has 1 aromatic carbocycles. The first-order valence-corrected chi connectivity index (χ1v) is 12.6. The third-order valence-corrected chi connectivity index (χ3v) is 7.89. The van der Waals surface area contributed by atoms with E-state index in [1.807, 2.05) is 17.5 Å². The van der Waals surface area contributed by atoms with Gasteiger partial charge in [0.15, 0.2) is 0 Å². The van der Waals surface area contributed by atoms with Crippen LogP contribution in [0.5, 0.6) is 0 Å². The van der Waals surface area contributed by atoms with Gasteiger partial charge in [-0.2, -0.15) is 13.2 Å². The van der Waals surface area contributed by atoms with Crippen LogP contribution < -0.4 is 10.0 Å². The number of alkyl halides is 3. The lowest BCUT2D eigenvalue weighted by molar-refractivity contribution is -0.137. The lowest BCUT2D eigenvalue weighted by Gasteiger charge is -2.36. The molecule has 1 fully saturated rings. The summed E-state index contributed by atoms with van der Waals surface area (Å²) in [7, 11) is -4.27. The molecule has 1 amide bonds. The molecule has 1 aliphatic heterocycles. The van der Waals surface area contributed by atoms with Gasteiger partial charge in [0.1, 0.15) is 0 Å². The molecule has 1 unspecified atom stereocenters. The van der Waals surface area contributed by atoms with Crippen molar-refractivity contribution in [3.05, 3.63) is 52.2 Å². The predicted octanol–water partition coefficient (Wildman–Crippen LogP) is 3.63. The van der Waals surface area contributed by atoms with Crippen molar-refractivity contribution >= 4 is 27.3 Å². The molecule has 176 valence electrons. The van der Waals surface area contributed by atoms with Crippen molar-refractivity contribution < 1.29 is 26.4 Å². The maximum atomic E-state index is 12.9. The Morgan fingerprint density at radius 2 is 1.94 bits per heavy atom. The van der Waals surface area contributed by atoms with E-state index in [0.29, 0.717) is 18.5 Å². The third kappa shape index (κ3) is 6.53. The summed E-state index contributed by atoms with van der Waals surface area (Å²) in [6, 6.07) is 7.36. The van der Waals surface area contributed by atoms with Crippen LogP contribution in [0.25, 0.3) is 0 Å². The number of likely N-dealkylation sites (tertiary alicyclic amines) is 1. The number of sulfonamides is 1. The van der Waals surface area contributed by atoms with Gasteiger partial charge in [0, 0.05) is 11.4 Å². The van der Waals surface area contributed by atoms with E-state index in [9.17, 15) is 26.4 Å². The first-order valence-electron chi connectivity index (χ1n) is 10.3. The van der Waals surface area contributed by atoms with Gasteiger partial charge in [0.25, 0.3) is 0 Å². The second-order valence-corrected chi connectivity index (χ2v) is 10.7. The molecule has 1 aromatic heterocycles. The van der Waals surface area contributed by atoms with Crippen LogP contribution in [-0.4, -0.2) is 45.4 Å². The smallest absolute Gasteiger partial charge is 0.353 e. The number of amides is 1. The number of rotatable bonds is 8. The summed E-state index contributed by atoms with van der Waals surface area (Å²) in [5, 5.41) is 4.73. The number of halogens is 3. The Morgan fingerprint density at radius 3 is 2.56 bits per heavy atom. The topological polar surface area (TPSA) is 78.5 Å². The largest absolute Gasteiger partial charge is 0.416 e. The van der Waals surface area contributed by atoms with E-state index in [1.165, 1.54) is 0 Å². The highest BCUT2D eigenvalue weighted by molar-refractivity contribution is 7.89. The zero-order chi connectivity index (χ0) is 23.4. The van der Waals surface area contributed by atoms with Crippen LogP contribution in [0, 0.1) is 5.92 Å². The third-order valence-electron chi connectivity index (χ3n) is 5.52. The fourth-order valence-corrected chi connectivity index (χ4v) is 5.48. The van der Waals surface area contributed by atoms with Gasteiger partial charge in [-0.1, -0.05) is 19.1 Å². The molecule has 0 bridgehead atoms. The van der Waals surface area contributed by atoms with Gasteiger partial charge in [-0.3, -0.25) is 9.69 Å². The summed E-state index contributed by atoms with van der Waals surface area (Å²) in [5.41, 5.74) is -1.07. The number of carbonyl (C=O) groups excluding carboxylic acids is 1. The van der Waals surface area contributed by atoms with Gasteiger partial charge in [-0.15, -0.1) is 11.3 Å². The average molecular weight is 490 g/mol. The first-order chi connectivity index (χ1) is 15.1. The summed E-state index contributed by atoms with van der Waals surface area (Å²) >= 11 is 1.60. The molecule has 11 heteroatoms. The minimum Gasteiger partial charge on any atom is -0.353 e. The van der Waals surface area contributed by atoms with Crippen molar-refractivity contribution in [2.24, 2.45) is 5.92 Å². The van der Waals surface area contributed by atoms with E-state index >= 15 is 0 Å². The van der Waals surface area contributed by atoms with Crippen LogP contribution in [0.15, 0.2) is 46.7 Å². The molecule has 2 heterocycles. The Hall–Kier alpha value is -1.95. The summed E-state index contributed by atoms with van der Waals surface area (Å²) in [6.45, 7) is 3.81. The highest BCUT2D eigenvalue weighted by Crippen LogP contribution is 2.31. The second-order valence-electron chi connectivity index (χ2n) is 7.90. The summed E-state index contributed by atoms with van der Waals surface area (Å²) in [4.78, 5) is 15.2. The molecular weight excluding hydrogens is 463 g/mol.